The number of nitrogens with one attached hydrogen (secondary N) is 1. The van der Waals surface area contributed by atoms with Crippen molar-refractivity contribution in [2.24, 2.45) is 10.8 Å². The van der Waals surface area contributed by atoms with Gasteiger partial charge in [-0.3, -0.25) is 14.5 Å². The van der Waals surface area contributed by atoms with E-state index in [9.17, 15) is 9.59 Å². The third-order valence-electron chi connectivity index (χ3n) is 7.50. The van der Waals surface area contributed by atoms with E-state index in [1.165, 1.54) is 6.42 Å². The number of carbonyl (C=O) groups excluding carboxylic acids is 2. The molecular weight excluding hydrogens is 386 g/mol. The standard InChI is InChI=1S/C26H39N3O2/c1-18-7-6-8-19(2)24(18)27-22(30)15-28(20-9-10-20)12-11-23(31)29-17-26(5)14-21(29)13-25(3,4)16-26/h6-8,20-21H,9-17H2,1-5H3,(H,27,30). The van der Waals surface area contributed by atoms with Gasteiger partial charge in [0.15, 0.2) is 0 Å². The number of fused-ring (bicyclic) bond motifs is 2. The van der Waals surface area contributed by atoms with E-state index >= 15 is 0 Å². The molecule has 2 amide bonds. The van der Waals surface area contributed by atoms with Gasteiger partial charge in [0.05, 0.1) is 6.54 Å². The zero-order chi connectivity index (χ0) is 22.4. The molecule has 2 unspecified atom stereocenters. The number of benzene rings is 1. The molecule has 2 atom stereocenters. The number of para-hydroxylation sites is 1. The fraction of sp³-hybridized carbons (Fsp3) is 0.692. The van der Waals surface area contributed by atoms with E-state index in [0.717, 1.165) is 49.0 Å². The number of nitrogens with zero attached hydrogens (tertiary/aromatic N) is 2. The van der Waals surface area contributed by atoms with Gasteiger partial charge in [-0.05, 0) is 67.9 Å². The second-order valence-corrected chi connectivity index (χ2v) is 11.5. The number of hydrogen-bond donors (Lipinski definition) is 1. The lowest BCUT2D eigenvalue weighted by molar-refractivity contribution is -0.133. The van der Waals surface area contributed by atoms with E-state index in [4.69, 9.17) is 0 Å². The molecule has 2 aliphatic carbocycles. The molecule has 0 radical (unpaired) electrons. The van der Waals surface area contributed by atoms with Crippen LogP contribution in [-0.2, 0) is 9.59 Å². The molecule has 1 N–H and O–H groups in total. The molecule has 4 rings (SSSR count). The first-order valence-electron chi connectivity index (χ1n) is 11.9. The van der Waals surface area contributed by atoms with Crippen molar-refractivity contribution in [1.29, 1.82) is 0 Å². The average Bonchev–Trinajstić information content (AvgIpc) is 3.46. The molecule has 1 saturated heterocycles. The predicted molar refractivity (Wildman–Crippen MR) is 125 cm³/mol. The number of hydrogen-bond acceptors (Lipinski definition) is 3. The summed E-state index contributed by atoms with van der Waals surface area (Å²) in [6.45, 7) is 13.0. The van der Waals surface area contributed by atoms with Crippen molar-refractivity contribution in [2.75, 3.05) is 25.0 Å². The van der Waals surface area contributed by atoms with E-state index < -0.39 is 0 Å². The third-order valence-corrected chi connectivity index (χ3v) is 7.50. The van der Waals surface area contributed by atoms with Gasteiger partial charge in [0, 0.05) is 37.3 Å². The summed E-state index contributed by atoms with van der Waals surface area (Å²) in [4.78, 5) is 30.3. The van der Waals surface area contributed by atoms with Crippen LogP contribution in [0.5, 0.6) is 0 Å². The molecule has 1 aromatic carbocycles. The van der Waals surface area contributed by atoms with Crippen LogP contribution >= 0.6 is 0 Å². The van der Waals surface area contributed by atoms with Gasteiger partial charge in [0.1, 0.15) is 0 Å². The highest BCUT2D eigenvalue weighted by molar-refractivity contribution is 5.93. The van der Waals surface area contributed by atoms with Crippen LogP contribution in [0.25, 0.3) is 0 Å². The lowest BCUT2D eigenvalue weighted by Crippen LogP contribution is -2.41. The molecular formula is C26H39N3O2. The maximum absolute atomic E-state index is 13.2. The Labute approximate surface area is 187 Å². The summed E-state index contributed by atoms with van der Waals surface area (Å²) in [7, 11) is 0. The van der Waals surface area contributed by atoms with Gasteiger partial charge in [-0.2, -0.15) is 0 Å². The van der Waals surface area contributed by atoms with Crippen LogP contribution in [-0.4, -0.2) is 53.3 Å². The molecule has 1 heterocycles. The van der Waals surface area contributed by atoms with Crippen LogP contribution in [0.3, 0.4) is 0 Å². The van der Waals surface area contributed by atoms with E-state index in [2.05, 4.69) is 35.9 Å². The Balaban J connectivity index is 1.33. The molecule has 1 aromatic rings. The fourth-order valence-corrected chi connectivity index (χ4v) is 6.34. The highest BCUT2D eigenvalue weighted by Gasteiger charge is 2.50. The number of aryl methyl sites for hydroxylation is 2. The smallest absolute Gasteiger partial charge is 0.238 e. The van der Waals surface area contributed by atoms with Gasteiger partial charge in [0.25, 0.3) is 0 Å². The minimum Gasteiger partial charge on any atom is -0.339 e. The molecule has 31 heavy (non-hydrogen) atoms. The summed E-state index contributed by atoms with van der Waals surface area (Å²) in [6, 6.07) is 6.90. The Morgan fingerprint density at radius 1 is 1.13 bits per heavy atom. The van der Waals surface area contributed by atoms with Crippen LogP contribution in [0.2, 0.25) is 0 Å². The highest BCUT2D eigenvalue weighted by Crippen LogP contribution is 2.52. The monoisotopic (exact) mass is 425 g/mol. The minimum absolute atomic E-state index is 0.0167. The Bertz CT molecular complexity index is 840. The quantitative estimate of drug-likeness (QED) is 0.699. The molecule has 5 heteroatoms. The van der Waals surface area contributed by atoms with Crippen molar-refractivity contribution >= 4 is 17.5 Å². The molecule has 3 fully saturated rings. The summed E-state index contributed by atoms with van der Waals surface area (Å²) < 4.78 is 0. The normalized spacial score (nSPS) is 26.9. The van der Waals surface area contributed by atoms with Crippen molar-refractivity contribution in [3.63, 3.8) is 0 Å². The van der Waals surface area contributed by atoms with Crippen molar-refractivity contribution in [2.45, 2.75) is 85.2 Å². The number of likely N-dealkylation sites (tertiary alicyclic amines) is 1. The van der Waals surface area contributed by atoms with Crippen molar-refractivity contribution in [3.8, 4) is 0 Å². The number of anilines is 1. The molecule has 0 aromatic heterocycles. The first-order valence-corrected chi connectivity index (χ1v) is 11.9. The third kappa shape index (κ3) is 5.14. The van der Waals surface area contributed by atoms with E-state index in [1.807, 2.05) is 32.0 Å². The van der Waals surface area contributed by atoms with Crippen molar-refractivity contribution < 1.29 is 9.59 Å². The SMILES string of the molecule is Cc1cccc(C)c1NC(=O)CN(CCC(=O)N1CC2(C)CC1CC(C)(C)C2)C1CC1. The predicted octanol–water partition coefficient (Wildman–Crippen LogP) is 4.52. The number of carbonyl (C=O) groups is 2. The van der Waals surface area contributed by atoms with Crippen LogP contribution in [0.4, 0.5) is 5.69 Å². The maximum atomic E-state index is 13.2. The first-order chi connectivity index (χ1) is 14.6. The zero-order valence-corrected chi connectivity index (χ0v) is 20.0. The topological polar surface area (TPSA) is 52.7 Å². The number of rotatable bonds is 7. The van der Waals surface area contributed by atoms with Crippen LogP contribution in [0, 0.1) is 24.7 Å². The second-order valence-electron chi connectivity index (χ2n) is 11.5. The van der Waals surface area contributed by atoms with Crippen LogP contribution in [0.1, 0.15) is 70.4 Å². The van der Waals surface area contributed by atoms with Crippen LogP contribution in [0.15, 0.2) is 18.2 Å². The lowest BCUT2D eigenvalue weighted by atomic mass is 9.65. The molecule has 3 aliphatic rings. The Morgan fingerprint density at radius 3 is 2.45 bits per heavy atom. The summed E-state index contributed by atoms with van der Waals surface area (Å²) in [5, 5.41) is 3.10. The lowest BCUT2D eigenvalue weighted by Gasteiger charge is -2.39. The van der Waals surface area contributed by atoms with Crippen molar-refractivity contribution in [1.82, 2.24) is 9.80 Å². The summed E-state index contributed by atoms with van der Waals surface area (Å²) in [5.41, 5.74) is 3.66. The Hall–Kier alpha value is -1.88. The molecule has 0 spiro atoms. The van der Waals surface area contributed by atoms with Gasteiger partial charge in [-0.25, -0.2) is 0 Å². The highest BCUT2D eigenvalue weighted by atomic mass is 16.2. The molecule has 5 nitrogen and oxygen atoms in total. The van der Waals surface area contributed by atoms with E-state index in [-0.39, 0.29) is 17.2 Å². The van der Waals surface area contributed by atoms with Gasteiger partial charge in [0.2, 0.25) is 11.8 Å². The molecule has 1 aliphatic heterocycles. The maximum Gasteiger partial charge on any atom is 0.238 e. The first kappa shape index (κ1) is 22.3. The molecule has 170 valence electrons. The largest absolute Gasteiger partial charge is 0.339 e. The zero-order valence-electron chi connectivity index (χ0n) is 20.0. The van der Waals surface area contributed by atoms with Gasteiger partial charge in [-0.15, -0.1) is 0 Å². The Kier molecular flexibility index (Phi) is 5.93. The summed E-state index contributed by atoms with van der Waals surface area (Å²) in [6.07, 6.45) is 6.23. The summed E-state index contributed by atoms with van der Waals surface area (Å²) >= 11 is 0. The number of amides is 2. The second kappa shape index (κ2) is 8.23. The van der Waals surface area contributed by atoms with E-state index in [1.54, 1.807) is 0 Å². The van der Waals surface area contributed by atoms with Crippen molar-refractivity contribution in [3.05, 3.63) is 29.3 Å². The van der Waals surface area contributed by atoms with Gasteiger partial charge < -0.3 is 10.2 Å². The molecule has 2 saturated carbocycles. The van der Waals surface area contributed by atoms with Crippen LogP contribution < -0.4 is 5.32 Å². The summed E-state index contributed by atoms with van der Waals surface area (Å²) in [5.74, 6) is 0.287. The average molecular weight is 426 g/mol. The van der Waals surface area contributed by atoms with Gasteiger partial charge in [-0.1, -0.05) is 39.0 Å². The van der Waals surface area contributed by atoms with Gasteiger partial charge >= 0.3 is 0 Å². The Morgan fingerprint density at radius 2 is 1.81 bits per heavy atom. The minimum atomic E-state index is 0.0167. The van der Waals surface area contributed by atoms with E-state index in [0.29, 0.717) is 37.0 Å². The molecule has 2 bridgehead atoms. The fourth-order valence-electron chi connectivity index (χ4n) is 6.34.